The molecule has 2 aromatic carbocycles. The lowest BCUT2D eigenvalue weighted by Gasteiger charge is -2.26. The fourth-order valence-corrected chi connectivity index (χ4v) is 4.16. The average Bonchev–Trinajstić information content (AvgIpc) is 3.29. The number of benzene rings is 2. The number of carbonyl (C=O) groups excluding carboxylic acids is 1. The first kappa shape index (κ1) is 17.8. The summed E-state index contributed by atoms with van der Waals surface area (Å²) < 4.78 is 15.3. The van der Waals surface area contributed by atoms with Crippen LogP contribution >= 0.6 is 23.8 Å². The van der Waals surface area contributed by atoms with E-state index in [1.54, 1.807) is 4.68 Å². The third-order valence-corrected chi connectivity index (χ3v) is 5.67. The summed E-state index contributed by atoms with van der Waals surface area (Å²) in [5.41, 5.74) is 1.77. The number of rotatable bonds is 3. The lowest BCUT2D eigenvalue weighted by atomic mass is 10.0. The molecule has 2 aliphatic heterocycles. The van der Waals surface area contributed by atoms with Crippen molar-refractivity contribution in [1.29, 1.82) is 0 Å². The second-order valence-electron chi connectivity index (χ2n) is 6.81. The largest absolute Gasteiger partial charge is 0.343 e. The lowest BCUT2D eigenvalue weighted by molar-refractivity contribution is -0.156. The second-order valence-corrected chi connectivity index (χ2v) is 7.61. The monoisotopic (exact) mass is 413 g/mol. The number of fused-ring (bicyclic) bond motifs is 2. The maximum absolute atomic E-state index is 12.3. The van der Waals surface area contributed by atoms with Crippen LogP contribution in [-0.4, -0.2) is 39.1 Å². The van der Waals surface area contributed by atoms with Crippen LogP contribution in [0.25, 0.3) is 17.1 Å². The number of ether oxygens (including phenoxy) is 2. The van der Waals surface area contributed by atoms with Gasteiger partial charge in [0.1, 0.15) is 6.10 Å². The Morgan fingerprint density at radius 3 is 2.61 bits per heavy atom. The summed E-state index contributed by atoms with van der Waals surface area (Å²) in [6, 6.07) is 16.9. The molecule has 3 heterocycles. The Morgan fingerprint density at radius 2 is 1.86 bits per heavy atom. The van der Waals surface area contributed by atoms with Crippen LogP contribution in [0.15, 0.2) is 54.6 Å². The molecule has 8 heteroatoms. The molecule has 0 aliphatic carbocycles. The molecule has 2 saturated heterocycles. The van der Waals surface area contributed by atoms with Gasteiger partial charge in [-0.3, -0.25) is 9.36 Å². The number of hydrogen-bond donors (Lipinski definition) is 0. The summed E-state index contributed by atoms with van der Waals surface area (Å²) in [6.07, 6.45) is -0.705. The van der Waals surface area contributed by atoms with Gasteiger partial charge in [0.2, 0.25) is 11.1 Å². The molecule has 0 N–H and O–H groups in total. The summed E-state index contributed by atoms with van der Waals surface area (Å²) >= 11 is 11.8. The first-order chi connectivity index (χ1) is 13.6. The zero-order valence-electron chi connectivity index (χ0n) is 14.7. The SMILES string of the molecule is O=C1C[C@H](n2nc(-c3ccc(Cl)cc3)n(-c3ccccc3)c2=S)[C@H]2CO[C@H]1O2. The van der Waals surface area contributed by atoms with E-state index in [-0.39, 0.29) is 24.3 Å². The fraction of sp³-hybridized carbons (Fsp3) is 0.250. The van der Waals surface area contributed by atoms with Crippen LogP contribution in [0.3, 0.4) is 0 Å². The highest BCUT2D eigenvalue weighted by atomic mass is 35.5. The van der Waals surface area contributed by atoms with Gasteiger partial charge in [-0.05, 0) is 48.6 Å². The van der Waals surface area contributed by atoms with Crippen molar-refractivity contribution in [3.63, 3.8) is 0 Å². The van der Waals surface area contributed by atoms with Gasteiger partial charge in [-0.15, -0.1) is 0 Å². The summed E-state index contributed by atoms with van der Waals surface area (Å²) in [5.74, 6) is 0.601. The molecule has 1 aromatic heterocycles. The predicted octanol–water partition coefficient (Wildman–Crippen LogP) is 3.98. The highest BCUT2D eigenvalue weighted by molar-refractivity contribution is 7.71. The van der Waals surface area contributed by atoms with Crippen molar-refractivity contribution >= 4 is 29.6 Å². The third-order valence-electron chi connectivity index (χ3n) is 5.05. The van der Waals surface area contributed by atoms with Crippen molar-refractivity contribution in [2.45, 2.75) is 24.9 Å². The predicted molar refractivity (Wildman–Crippen MR) is 106 cm³/mol. The summed E-state index contributed by atoms with van der Waals surface area (Å²) in [7, 11) is 0. The van der Waals surface area contributed by atoms with E-state index in [2.05, 4.69) is 0 Å². The van der Waals surface area contributed by atoms with Crippen molar-refractivity contribution in [3.05, 3.63) is 64.4 Å². The number of hydrogen-bond acceptors (Lipinski definition) is 5. The van der Waals surface area contributed by atoms with E-state index in [0.717, 1.165) is 11.3 Å². The van der Waals surface area contributed by atoms with E-state index in [1.165, 1.54) is 0 Å². The molecule has 0 radical (unpaired) electrons. The number of para-hydroxylation sites is 1. The van der Waals surface area contributed by atoms with Crippen LogP contribution in [0.4, 0.5) is 0 Å². The number of carbonyl (C=O) groups is 1. The van der Waals surface area contributed by atoms with Crippen LogP contribution in [0.1, 0.15) is 12.5 Å². The van der Waals surface area contributed by atoms with Crippen molar-refractivity contribution < 1.29 is 14.3 Å². The number of nitrogens with zero attached hydrogens (tertiary/aromatic N) is 3. The van der Waals surface area contributed by atoms with Crippen molar-refractivity contribution in [1.82, 2.24) is 14.3 Å². The van der Waals surface area contributed by atoms with E-state index in [9.17, 15) is 4.79 Å². The Kier molecular flexibility index (Phi) is 4.40. The Morgan fingerprint density at radius 1 is 1.11 bits per heavy atom. The van der Waals surface area contributed by atoms with Gasteiger partial charge >= 0.3 is 0 Å². The summed E-state index contributed by atoms with van der Waals surface area (Å²) in [6.45, 7) is 0.358. The minimum absolute atomic E-state index is 0.0806. The third kappa shape index (κ3) is 2.91. The Bertz CT molecular complexity index is 1090. The molecule has 142 valence electrons. The molecule has 2 bridgehead atoms. The van der Waals surface area contributed by atoms with E-state index in [4.69, 9.17) is 38.4 Å². The summed E-state index contributed by atoms with van der Waals surface area (Å²) in [5, 5.41) is 5.45. The molecule has 5 rings (SSSR count). The highest BCUT2D eigenvalue weighted by Crippen LogP contribution is 2.34. The maximum atomic E-state index is 12.3. The minimum atomic E-state index is -0.748. The van der Waals surface area contributed by atoms with E-state index >= 15 is 0 Å². The van der Waals surface area contributed by atoms with Crippen LogP contribution in [0.2, 0.25) is 5.02 Å². The maximum Gasteiger partial charge on any atom is 0.218 e. The second kappa shape index (κ2) is 6.93. The van der Waals surface area contributed by atoms with Crippen molar-refractivity contribution in [2.75, 3.05) is 6.61 Å². The first-order valence-electron chi connectivity index (χ1n) is 8.94. The van der Waals surface area contributed by atoms with Crippen LogP contribution < -0.4 is 0 Å². The van der Waals surface area contributed by atoms with Gasteiger partial charge in [0.05, 0.1) is 12.6 Å². The number of ketones is 1. The quantitative estimate of drug-likeness (QED) is 0.608. The normalized spacial score (nSPS) is 23.9. The van der Waals surface area contributed by atoms with Crippen LogP contribution in [-0.2, 0) is 14.3 Å². The van der Waals surface area contributed by atoms with E-state index < -0.39 is 6.29 Å². The lowest BCUT2D eigenvalue weighted by Crippen LogP contribution is -2.37. The number of Topliss-reactive ketones (excluding diaryl/α,β-unsaturated/α-hetero) is 1. The first-order valence-corrected chi connectivity index (χ1v) is 9.73. The topological polar surface area (TPSA) is 58.3 Å². The Labute approximate surface area is 171 Å². The molecule has 0 spiro atoms. The van der Waals surface area contributed by atoms with Gasteiger partial charge in [0.25, 0.3) is 0 Å². The highest BCUT2D eigenvalue weighted by Gasteiger charge is 2.45. The van der Waals surface area contributed by atoms with Crippen molar-refractivity contribution in [2.24, 2.45) is 0 Å². The summed E-state index contributed by atoms with van der Waals surface area (Å²) in [4.78, 5) is 12.3. The number of halogens is 1. The van der Waals surface area contributed by atoms with Gasteiger partial charge in [0, 0.05) is 22.7 Å². The Hall–Kier alpha value is -2.32. The average molecular weight is 414 g/mol. The molecule has 2 fully saturated rings. The van der Waals surface area contributed by atoms with Crippen LogP contribution in [0.5, 0.6) is 0 Å². The Balaban J connectivity index is 1.68. The molecule has 0 saturated carbocycles. The van der Waals surface area contributed by atoms with Gasteiger partial charge in [-0.25, -0.2) is 4.68 Å². The van der Waals surface area contributed by atoms with E-state index in [1.807, 2.05) is 59.2 Å². The molecule has 3 atom stereocenters. The number of aromatic nitrogens is 3. The fourth-order valence-electron chi connectivity index (χ4n) is 3.66. The zero-order valence-corrected chi connectivity index (χ0v) is 16.3. The molecule has 28 heavy (non-hydrogen) atoms. The molecule has 3 aromatic rings. The molecular weight excluding hydrogens is 398 g/mol. The van der Waals surface area contributed by atoms with Gasteiger partial charge in [-0.2, -0.15) is 5.10 Å². The molecule has 0 unspecified atom stereocenters. The van der Waals surface area contributed by atoms with Gasteiger partial charge in [-0.1, -0.05) is 29.8 Å². The van der Waals surface area contributed by atoms with Gasteiger partial charge < -0.3 is 9.47 Å². The minimum Gasteiger partial charge on any atom is -0.343 e. The smallest absolute Gasteiger partial charge is 0.218 e. The van der Waals surface area contributed by atoms with E-state index in [0.29, 0.717) is 22.2 Å². The van der Waals surface area contributed by atoms with Gasteiger partial charge in [0.15, 0.2) is 11.6 Å². The molecular formula is C20H16ClN3O3S. The molecule has 6 nitrogen and oxygen atoms in total. The molecule has 2 aliphatic rings. The zero-order chi connectivity index (χ0) is 19.3. The van der Waals surface area contributed by atoms with Crippen molar-refractivity contribution in [3.8, 4) is 17.1 Å². The van der Waals surface area contributed by atoms with Crippen LogP contribution in [0, 0.1) is 4.77 Å². The standard InChI is InChI=1S/C20H16ClN3O3S/c21-13-8-6-12(7-9-13)18-22-24(15-10-16(25)19-26-11-17(15)27-19)20(28)23(18)14-4-2-1-3-5-14/h1-9,15,17,19H,10-11H2/t15-,17+,19-/m0/s1. The molecule has 0 amide bonds.